The minimum Gasteiger partial charge on any atom is -0.206 e. The zero-order valence-corrected chi connectivity index (χ0v) is 11.2. The van der Waals surface area contributed by atoms with Crippen molar-refractivity contribution in [3.05, 3.63) is 70.3 Å². The van der Waals surface area contributed by atoms with Gasteiger partial charge >= 0.3 is 12.4 Å². The Balaban J connectivity index is 2.37. The minimum atomic E-state index is -4.92. The van der Waals surface area contributed by atoms with E-state index in [9.17, 15) is 35.1 Å². The lowest BCUT2D eigenvalue weighted by atomic mass is 10.0. The van der Waals surface area contributed by atoms with Gasteiger partial charge < -0.3 is 0 Å². The lowest BCUT2D eigenvalue weighted by Gasteiger charge is -2.12. The average molecular weight is 340 g/mol. The van der Waals surface area contributed by atoms with Crippen LogP contribution < -0.4 is 0 Å². The van der Waals surface area contributed by atoms with E-state index in [1.807, 2.05) is 0 Å². The molecule has 0 fully saturated rings. The van der Waals surface area contributed by atoms with E-state index in [1.165, 1.54) is 0 Å². The van der Waals surface area contributed by atoms with Crippen LogP contribution in [0.5, 0.6) is 0 Å². The van der Waals surface area contributed by atoms with Gasteiger partial charge in [-0.25, -0.2) is 8.78 Å². The van der Waals surface area contributed by atoms with Crippen LogP contribution in [0.15, 0.2) is 36.4 Å². The number of halogens is 8. The topological polar surface area (TPSA) is 0 Å². The molecule has 2 aromatic carbocycles. The van der Waals surface area contributed by atoms with Crippen LogP contribution >= 0.6 is 0 Å². The van der Waals surface area contributed by atoms with Gasteiger partial charge in [0.2, 0.25) is 0 Å². The summed E-state index contributed by atoms with van der Waals surface area (Å²) in [6, 6.07) is 4.28. The predicted octanol–water partition coefficient (Wildman–Crippen LogP) is 5.59. The molecule has 124 valence electrons. The SMILES string of the molecule is Fc1ccc(Cc2ccc(F)c(C(F)(F)F)c2)cc1C(F)(F)F. The van der Waals surface area contributed by atoms with Crippen molar-refractivity contribution in [3.63, 3.8) is 0 Å². The molecular weight excluding hydrogens is 332 g/mol. The van der Waals surface area contributed by atoms with Gasteiger partial charge in [0.15, 0.2) is 0 Å². The molecule has 0 N–H and O–H groups in total. The fraction of sp³-hybridized carbons (Fsp3) is 0.200. The first-order valence-corrected chi connectivity index (χ1v) is 6.20. The Morgan fingerprint density at radius 2 is 0.957 bits per heavy atom. The highest BCUT2D eigenvalue weighted by atomic mass is 19.4. The van der Waals surface area contributed by atoms with Crippen LogP contribution in [0.4, 0.5) is 35.1 Å². The highest BCUT2D eigenvalue weighted by Gasteiger charge is 2.35. The van der Waals surface area contributed by atoms with Crippen LogP contribution in [0.3, 0.4) is 0 Å². The summed E-state index contributed by atoms with van der Waals surface area (Å²) in [6.07, 6.45) is -10.2. The summed E-state index contributed by atoms with van der Waals surface area (Å²) in [5.74, 6) is -2.95. The molecule has 2 aromatic rings. The predicted molar refractivity (Wildman–Crippen MR) is 65.6 cm³/mol. The lowest BCUT2D eigenvalue weighted by molar-refractivity contribution is -0.140. The van der Waals surface area contributed by atoms with Crippen molar-refractivity contribution in [2.24, 2.45) is 0 Å². The third kappa shape index (κ3) is 4.00. The summed E-state index contributed by atoms with van der Waals surface area (Å²) in [4.78, 5) is 0. The fourth-order valence-electron chi connectivity index (χ4n) is 2.03. The van der Waals surface area contributed by atoms with Crippen molar-refractivity contribution in [2.45, 2.75) is 18.8 Å². The Morgan fingerprint density at radius 1 is 0.609 bits per heavy atom. The van der Waals surface area contributed by atoms with E-state index < -0.39 is 35.1 Å². The summed E-state index contributed by atoms with van der Waals surface area (Å²) >= 11 is 0. The number of alkyl halides is 6. The van der Waals surface area contributed by atoms with E-state index in [1.54, 1.807) is 0 Å². The second kappa shape index (κ2) is 5.82. The van der Waals surface area contributed by atoms with Crippen LogP contribution in [-0.2, 0) is 18.8 Å². The summed E-state index contributed by atoms with van der Waals surface area (Å²) in [7, 11) is 0. The van der Waals surface area contributed by atoms with E-state index >= 15 is 0 Å². The van der Waals surface area contributed by atoms with E-state index in [0.29, 0.717) is 24.3 Å². The molecule has 0 heterocycles. The van der Waals surface area contributed by atoms with Crippen LogP contribution in [-0.4, -0.2) is 0 Å². The normalized spacial score (nSPS) is 12.5. The molecule has 0 aromatic heterocycles. The largest absolute Gasteiger partial charge is 0.419 e. The second-order valence-corrected chi connectivity index (χ2v) is 4.80. The number of rotatable bonds is 2. The molecule has 2 rings (SSSR count). The molecular formula is C15H8F8. The van der Waals surface area contributed by atoms with Crippen molar-refractivity contribution in [1.29, 1.82) is 0 Å². The van der Waals surface area contributed by atoms with Gasteiger partial charge in [-0.2, -0.15) is 26.3 Å². The highest BCUT2D eigenvalue weighted by molar-refractivity contribution is 5.34. The maximum absolute atomic E-state index is 13.2. The van der Waals surface area contributed by atoms with E-state index in [0.717, 1.165) is 12.1 Å². The van der Waals surface area contributed by atoms with Gasteiger partial charge in [-0.1, -0.05) is 12.1 Å². The van der Waals surface area contributed by atoms with Gasteiger partial charge in [-0.3, -0.25) is 0 Å². The maximum atomic E-state index is 13.2. The second-order valence-electron chi connectivity index (χ2n) is 4.80. The fourth-order valence-corrected chi connectivity index (χ4v) is 2.03. The van der Waals surface area contributed by atoms with Crippen LogP contribution in [0.25, 0.3) is 0 Å². The molecule has 0 aliphatic carbocycles. The molecule has 0 radical (unpaired) electrons. The summed E-state index contributed by atoms with van der Waals surface area (Å²) < 4.78 is 102. The van der Waals surface area contributed by atoms with Crippen molar-refractivity contribution in [1.82, 2.24) is 0 Å². The van der Waals surface area contributed by atoms with Crippen molar-refractivity contribution in [3.8, 4) is 0 Å². The molecule has 0 nitrogen and oxygen atoms in total. The van der Waals surface area contributed by atoms with Crippen LogP contribution in [0, 0.1) is 11.6 Å². The molecule has 0 atom stereocenters. The Kier molecular flexibility index (Phi) is 4.37. The molecule has 0 unspecified atom stereocenters. The zero-order valence-electron chi connectivity index (χ0n) is 11.2. The minimum absolute atomic E-state index is 0.0431. The highest BCUT2D eigenvalue weighted by Crippen LogP contribution is 2.34. The third-order valence-electron chi connectivity index (χ3n) is 3.08. The maximum Gasteiger partial charge on any atom is 0.419 e. The Labute approximate surface area is 125 Å². The Morgan fingerprint density at radius 3 is 1.26 bits per heavy atom. The summed E-state index contributed by atoms with van der Waals surface area (Å²) in [5.41, 5.74) is -3.10. The summed E-state index contributed by atoms with van der Waals surface area (Å²) in [5, 5.41) is 0. The van der Waals surface area contributed by atoms with Crippen LogP contribution in [0.1, 0.15) is 22.3 Å². The quantitative estimate of drug-likeness (QED) is 0.625. The van der Waals surface area contributed by atoms with Gasteiger partial charge in [0.25, 0.3) is 0 Å². The monoisotopic (exact) mass is 340 g/mol. The van der Waals surface area contributed by atoms with Gasteiger partial charge in [-0.15, -0.1) is 0 Å². The van der Waals surface area contributed by atoms with E-state index in [4.69, 9.17) is 0 Å². The molecule has 0 bridgehead atoms. The third-order valence-corrected chi connectivity index (χ3v) is 3.08. The average Bonchev–Trinajstić information content (AvgIpc) is 2.40. The van der Waals surface area contributed by atoms with E-state index in [2.05, 4.69) is 0 Å². The molecule has 8 heteroatoms. The first kappa shape index (κ1) is 17.2. The van der Waals surface area contributed by atoms with Crippen LogP contribution in [0.2, 0.25) is 0 Å². The van der Waals surface area contributed by atoms with Gasteiger partial charge in [0, 0.05) is 0 Å². The molecule has 0 aliphatic rings. The molecule has 0 amide bonds. The first-order chi connectivity index (χ1) is 10.5. The molecule has 0 spiro atoms. The standard InChI is InChI=1S/C15H8F8/c16-12-3-1-8(6-10(12)14(18,19)20)5-9-2-4-13(17)11(7-9)15(21,22)23/h1-4,6-7H,5H2. The number of hydrogen-bond donors (Lipinski definition) is 0. The van der Waals surface area contributed by atoms with Crippen molar-refractivity contribution in [2.75, 3.05) is 0 Å². The molecule has 0 aliphatic heterocycles. The smallest absolute Gasteiger partial charge is 0.206 e. The Bertz CT molecular complexity index is 651. The lowest BCUT2D eigenvalue weighted by Crippen LogP contribution is -2.10. The van der Waals surface area contributed by atoms with Crippen molar-refractivity contribution < 1.29 is 35.1 Å². The molecule has 0 saturated carbocycles. The zero-order chi connectivity index (χ0) is 17.4. The molecule has 23 heavy (non-hydrogen) atoms. The summed E-state index contributed by atoms with van der Waals surface area (Å²) in [6.45, 7) is 0. The number of benzene rings is 2. The molecule has 0 saturated heterocycles. The number of hydrogen-bond acceptors (Lipinski definition) is 0. The van der Waals surface area contributed by atoms with Gasteiger partial charge in [0.05, 0.1) is 11.1 Å². The first-order valence-electron chi connectivity index (χ1n) is 6.20. The van der Waals surface area contributed by atoms with Gasteiger partial charge in [0.1, 0.15) is 11.6 Å². The Hall–Kier alpha value is -2.12. The van der Waals surface area contributed by atoms with Crippen molar-refractivity contribution >= 4 is 0 Å². The van der Waals surface area contributed by atoms with Gasteiger partial charge in [-0.05, 0) is 41.8 Å². The van der Waals surface area contributed by atoms with E-state index in [-0.39, 0.29) is 17.5 Å².